The molecule has 0 saturated carbocycles. The molecule has 0 aliphatic heterocycles. The first kappa shape index (κ1) is 18.2. The van der Waals surface area contributed by atoms with Gasteiger partial charge in [-0.3, -0.25) is 4.68 Å². The van der Waals surface area contributed by atoms with Crippen LogP contribution in [0.2, 0.25) is 0 Å². The minimum Gasteiger partial charge on any atom is -0.315 e. The SMILES string of the molecule is CCC(CC)n1ccc(CC(NC)C(C)(C)S(C)(=O)=O)n1. The number of rotatable bonds is 8. The summed E-state index contributed by atoms with van der Waals surface area (Å²) in [5.41, 5.74) is 0.929. The zero-order chi connectivity index (χ0) is 16.3. The molecule has 0 bridgehead atoms. The third-order valence-electron chi connectivity index (χ3n) is 4.54. The Morgan fingerprint density at radius 1 is 1.33 bits per heavy atom. The van der Waals surface area contributed by atoms with Crippen molar-refractivity contribution in [1.82, 2.24) is 15.1 Å². The molecular formula is C15H29N3O2S. The van der Waals surface area contributed by atoms with Gasteiger partial charge in [-0.05, 0) is 39.8 Å². The lowest BCUT2D eigenvalue weighted by atomic mass is 9.98. The van der Waals surface area contributed by atoms with E-state index in [2.05, 4.69) is 24.3 Å². The summed E-state index contributed by atoms with van der Waals surface area (Å²) in [4.78, 5) is 0. The standard InChI is InChI=1S/C15H29N3O2S/c1-7-13(8-2)18-10-9-12(17-18)11-14(16-5)15(3,4)21(6,19)20/h9-10,13-14,16H,7-8,11H2,1-6H3. The molecule has 21 heavy (non-hydrogen) atoms. The Hall–Kier alpha value is -0.880. The first-order valence-electron chi connectivity index (χ1n) is 7.58. The van der Waals surface area contributed by atoms with Crippen molar-refractivity contribution in [1.29, 1.82) is 0 Å². The number of hydrogen-bond donors (Lipinski definition) is 1. The van der Waals surface area contributed by atoms with Gasteiger partial charge in [0, 0.05) is 24.9 Å². The number of hydrogen-bond acceptors (Lipinski definition) is 4. The third kappa shape index (κ3) is 4.07. The highest BCUT2D eigenvalue weighted by Crippen LogP contribution is 2.23. The molecule has 0 aromatic carbocycles. The van der Waals surface area contributed by atoms with E-state index in [1.165, 1.54) is 6.26 Å². The van der Waals surface area contributed by atoms with E-state index in [4.69, 9.17) is 0 Å². The van der Waals surface area contributed by atoms with Gasteiger partial charge in [-0.1, -0.05) is 13.8 Å². The van der Waals surface area contributed by atoms with Gasteiger partial charge in [-0.15, -0.1) is 0 Å². The van der Waals surface area contributed by atoms with Crippen molar-refractivity contribution in [2.45, 2.75) is 63.8 Å². The van der Waals surface area contributed by atoms with E-state index in [0.29, 0.717) is 12.5 Å². The molecule has 0 aliphatic carbocycles. The fraction of sp³-hybridized carbons (Fsp3) is 0.800. The summed E-state index contributed by atoms with van der Waals surface area (Å²) in [6, 6.07) is 2.23. The van der Waals surface area contributed by atoms with Crippen LogP contribution in [0.15, 0.2) is 12.3 Å². The summed E-state index contributed by atoms with van der Waals surface area (Å²) >= 11 is 0. The Kier molecular flexibility index (Phi) is 5.99. The largest absolute Gasteiger partial charge is 0.315 e. The molecule has 0 fully saturated rings. The zero-order valence-electron chi connectivity index (χ0n) is 14.0. The average Bonchev–Trinajstić information content (AvgIpc) is 2.84. The Balaban J connectivity index is 2.93. The highest BCUT2D eigenvalue weighted by Gasteiger charge is 2.38. The van der Waals surface area contributed by atoms with E-state index in [9.17, 15) is 8.42 Å². The van der Waals surface area contributed by atoms with Crippen LogP contribution >= 0.6 is 0 Å². The van der Waals surface area contributed by atoms with Crippen LogP contribution in [0.4, 0.5) is 0 Å². The van der Waals surface area contributed by atoms with Crippen molar-refractivity contribution in [2.75, 3.05) is 13.3 Å². The first-order chi connectivity index (χ1) is 9.67. The summed E-state index contributed by atoms with van der Waals surface area (Å²) < 4.78 is 25.1. The number of likely N-dealkylation sites (N-methyl/N-ethyl adjacent to an activating group) is 1. The molecule has 1 heterocycles. The van der Waals surface area contributed by atoms with Crippen LogP contribution in [0, 0.1) is 0 Å². The molecule has 6 heteroatoms. The van der Waals surface area contributed by atoms with Gasteiger partial charge in [-0.2, -0.15) is 5.10 Å². The van der Waals surface area contributed by atoms with Gasteiger partial charge in [0.1, 0.15) is 0 Å². The maximum Gasteiger partial charge on any atom is 0.154 e. The normalized spacial score (nSPS) is 14.6. The topological polar surface area (TPSA) is 64.0 Å². The summed E-state index contributed by atoms with van der Waals surface area (Å²) in [5.74, 6) is 0. The van der Waals surface area contributed by atoms with E-state index in [-0.39, 0.29) is 6.04 Å². The van der Waals surface area contributed by atoms with Gasteiger partial charge in [0.25, 0.3) is 0 Å². The summed E-state index contributed by atoms with van der Waals surface area (Å²) in [5, 5.41) is 7.75. The molecule has 1 rings (SSSR count). The fourth-order valence-corrected chi connectivity index (χ4v) is 3.23. The highest BCUT2D eigenvalue weighted by atomic mass is 32.2. The van der Waals surface area contributed by atoms with E-state index >= 15 is 0 Å². The van der Waals surface area contributed by atoms with Crippen LogP contribution in [-0.4, -0.2) is 42.3 Å². The maximum absolute atomic E-state index is 12.0. The van der Waals surface area contributed by atoms with E-state index in [0.717, 1.165) is 18.5 Å². The predicted molar refractivity (Wildman–Crippen MR) is 87.3 cm³/mol. The van der Waals surface area contributed by atoms with E-state index < -0.39 is 14.6 Å². The van der Waals surface area contributed by atoms with Crippen molar-refractivity contribution >= 4 is 9.84 Å². The van der Waals surface area contributed by atoms with Crippen LogP contribution < -0.4 is 5.32 Å². The molecule has 1 aromatic rings. The smallest absolute Gasteiger partial charge is 0.154 e. The van der Waals surface area contributed by atoms with Crippen molar-refractivity contribution in [3.05, 3.63) is 18.0 Å². The van der Waals surface area contributed by atoms with Gasteiger partial charge in [0.05, 0.1) is 16.5 Å². The summed E-state index contributed by atoms with van der Waals surface area (Å²) in [6.45, 7) is 7.83. The van der Waals surface area contributed by atoms with Gasteiger partial charge >= 0.3 is 0 Å². The predicted octanol–water partition coefficient (Wildman–Crippen LogP) is 2.20. The Morgan fingerprint density at radius 3 is 2.33 bits per heavy atom. The van der Waals surface area contributed by atoms with E-state index in [1.807, 2.05) is 16.9 Å². The van der Waals surface area contributed by atoms with Crippen LogP contribution in [0.25, 0.3) is 0 Å². The Labute approximate surface area is 129 Å². The number of sulfone groups is 1. The summed E-state index contributed by atoms with van der Waals surface area (Å²) in [6.07, 6.45) is 5.97. The Morgan fingerprint density at radius 2 is 1.90 bits per heavy atom. The monoisotopic (exact) mass is 315 g/mol. The molecule has 1 atom stereocenters. The first-order valence-corrected chi connectivity index (χ1v) is 9.47. The van der Waals surface area contributed by atoms with Crippen molar-refractivity contribution in [2.24, 2.45) is 0 Å². The van der Waals surface area contributed by atoms with Crippen LogP contribution in [0.1, 0.15) is 52.3 Å². The lowest BCUT2D eigenvalue weighted by molar-refractivity contribution is 0.408. The number of nitrogens with zero attached hydrogens (tertiary/aromatic N) is 2. The molecule has 0 amide bonds. The maximum atomic E-state index is 12.0. The Bertz CT molecular complexity index is 545. The molecular weight excluding hydrogens is 286 g/mol. The minimum absolute atomic E-state index is 0.169. The van der Waals surface area contributed by atoms with Gasteiger partial charge in [0.2, 0.25) is 0 Å². The molecule has 0 saturated heterocycles. The lowest BCUT2D eigenvalue weighted by Crippen LogP contribution is -2.51. The molecule has 1 N–H and O–H groups in total. The van der Waals surface area contributed by atoms with Gasteiger partial charge < -0.3 is 5.32 Å². The zero-order valence-corrected chi connectivity index (χ0v) is 14.9. The second-order valence-electron chi connectivity index (χ2n) is 6.18. The highest BCUT2D eigenvalue weighted by molar-refractivity contribution is 7.92. The van der Waals surface area contributed by atoms with Gasteiger partial charge in [-0.25, -0.2) is 8.42 Å². The molecule has 1 unspecified atom stereocenters. The number of nitrogens with one attached hydrogen (secondary N) is 1. The van der Waals surface area contributed by atoms with Gasteiger partial charge in [0.15, 0.2) is 9.84 Å². The second-order valence-corrected chi connectivity index (χ2v) is 8.77. The molecule has 5 nitrogen and oxygen atoms in total. The quantitative estimate of drug-likeness (QED) is 0.799. The van der Waals surface area contributed by atoms with E-state index in [1.54, 1.807) is 20.9 Å². The van der Waals surface area contributed by atoms with Crippen LogP contribution in [-0.2, 0) is 16.3 Å². The molecule has 0 aliphatic rings. The number of aromatic nitrogens is 2. The second kappa shape index (κ2) is 6.92. The average molecular weight is 315 g/mol. The third-order valence-corrected chi connectivity index (χ3v) is 6.73. The lowest BCUT2D eigenvalue weighted by Gasteiger charge is -2.32. The molecule has 1 aromatic heterocycles. The minimum atomic E-state index is -3.15. The summed E-state index contributed by atoms with van der Waals surface area (Å²) in [7, 11) is -1.35. The fourth-order valence-electron chi connectivity index (χ4n) is 2.52. The van der Waals surface area contributed by atoms with Crippen molar-refractivity contribution in [3.63, 3.8) is 0 Å². The van der Waals surface area contributed by atoms with Crippen molar-refractivity contribution < 1.29 is 8.42 Å². The molecule has 122 valence electrons. The molecule has 0 spiro atoms. The van der Waals surface area contributed by atoms with Crippen LogP contribution in [0.5, 0.6) is 0 Å². The van der Waals surface area contributed by atoms with Crippen LogP contribution in [0.3, 0.4) is 0 Å². The van der Waals surface area contributed by atoms with Crippen molar-refractivity contribution in [3.8, 4) is 0 Å². The molecule has 0 radical (unpaired) electrons.